The molecule has 2 saturated heterocycles. The van der Waals surface area contributed by atoms with E-state index < -0.39 is 18.2 Å². The molecular formula is C19H29N7O3. The van der Waals surface area contributed by atoms with Gasteiger partial charge in [-0.15, -0.1) is 0 Å². The quantitative estimate of drug-likeness (QED) is 0.651. The van der Waals surface area contributed by atoms with Crippen molar-refractivity contribution in [3.63, 3.8) is 0 Å². The molecule has 0 bridgehead atoms. The second-order valence-corrected chi connectivity index (χ2v) is 8.26. The minimum atomic E-state index is -0.513. The zero-order chi connectivity index (χ0) is 20.9. The van der Waals surface area contributed by atoms with E-state index in [1.807, 2.05) is 18.7 Å². The number of hydrogen-bond donors (Lipinski definition) is 2. The van der Waals surface area contributed by atoms with Crippen molar-refractivity contribution >= 4 is 23.8 Å². The maximum Gasteiger partial charge on any atom is 0.325 e. The van der Waals surface area contributed by atoms with Crippen molar-refractivity contribution in [1.82, 2.24) is 24.9 Å². The Morgan fingerprint density at radius 2 is 1.86 bits per heavy atom. The molecule has 0 aliphatic carbocycles. The van der Waals surface area contributed by atoms with Crippen molar-refractivity contribution in [2.24, 2.45) is 16.6 Å². The smallest absolute Gasteiger partial charge is 0.325 e. The first-order valence-electron chi connectivity index (χ1n) is 10.2. The molecule has 4 heterocycles. The molecule has 4 rings (SSSR count). The van der Waals surface area contributed by atoms with Crippen molar-refractivity contribution in [3.8, 4) is 0 Å². The molecule has 2 atom stereocenters. The lowest BCUT2D eigenvalue weighted by atomic mass is 9.96. The van der Waals surface area contributed by atoms with Crippen LogP contribution in [0.1, 0.15) is 33.1 Å². The largest absolute Gasteiger partial charge is 0.369 e. The van der Waals surface area contributed by atoms with Crippen LogP contribution >= 0.6 is 0 Å². The third-order valence-corrected chi connectivity index (χ3v) is 6.62. The molecule has 4 aliphatic heterocycles. The predicted molar refractivity (Wildman–Crippen MR) is 106 cm³/mol. The summed E-state index contributed by atoms with van der Waals surface area (Å²) in [5.74, 6) is 0.266. The maximum absolute atomic E-state index is 12.5. The molecule has 0 radical (unpaired) electrons. The number of allylic oxidation sites excluding steroid dienone is 2. The highest BCUT2D eigenvalue weighted by Gasteiger charge is 2.52. The number of likely N-dealkylation sites (tertiary alicyclic amines) is 1. The van der Waals surface area contributed by atoms with Gasteiger partial charge in [-0.2, -0.15) is 0 Å². The van der Waals surface area contributed by atoms with Crippen molar-refractivity contribution in [2.75, 3.05) is 33.2 Å². The summed E-state index contributed by atoms with van der Waals surface area (Å²) in [7, 11) is 1.66. The Balaban J connectivity index is 1.39. The van der Waals surface area contributed by atoms with Crippen LogP contribution in [0.4, 0.5) is 4.79 Å². The van der Waals surface area contributed by atoms with Gasteiger partial charge in [-0.25, -0.2) is 9.79 Å². The molecule has 0 saturated carbocycles. The van der Waals surface area contributed by atoms with E-state index >= 15 is 0 Å². The first-order chi connectivity index (χ1) is 13.8. The molecule has 158 valence electrons. The van der Waals surface area contributed by atoms with Gasteiger partial charge in [-0.1, -0.05) is 0 Å². The second-order valence-electron chi connectivity index (χ2n) is 8.26. The molecule has 10 heteroatoms. The Kier molecular flexibility index (Phi) is 4.97. The summed E-state index contributed by atoms with van der Waals surface area (Å²) >= 11 is 0. The third kappa shape index (κ3) is 3.25. The summed E-state index contributed by atoms with van der Waals surface area (Å²) in [6.07, 6.45) is 2.10. The molecule has 2 unspecified atom stereocenters. The van der Waals surface area contributed by atoms with Gasteiger partial charge in [0.1, 0.15) is 0 Å². The Morgan fingerprint density at radius 1 is 1.17 bits per heavy atom. The molecule has 0 aromatic rings. The Hall–Kier alpha value is -2.62. The Labute approximate surface area is 170 Å². The number of amides is 4. The number of hydrogen-bond acceptors (Lipinski definition) is 7. The van der Waals surface area contributed by atoms with Gasteiger partial charge in [-0.3, -0.25) is 19.8 Å². The van der Waals surface area contributed by atoms with Crippen molar-refractivity contribution < 1.29 is 14.4 Å². The van der Waals surface area contributed by atoms with Crippen LogP contribution in [-0.2, 0) is 9.59 Å². The monoisotopic (exact) mass is 403 g/mol. The summed E-state index contributed by atoms with van der Waals surface area (Å²) < 4.78 is 0. The van der Waals surface area contributed by atoms with Crippen molar-refractivity contribution in [2.45, 2.75) is 45.3 Å². The number of rotatable bonds is 5. The number of aliphatic imine (C=N–C) groups is 1. The molecule has 0 aromatic heterocycles. The topological polar surface area (TPSA) is 115 Å². The number of imide groups is 1. The Bertz CT molecular complexity index is 800. The summed E-state index contributed by atoms with van der Waals surface area (Å²) in [6.45, 7) is 7.54. The van der Waals surface area contributed by atoms with Gasteiger partial charge in [0.15, 0.2) is 12.2 Å². The fourth-order valence-corrected chi connectivity index (χ4v) is 4.69. The van der Waals surface area contributed by atoms with Crippen LogP contribution in [0.2, 0.25) is 0 Å². The normalized spacial score (nSPS) is 28.0. The molecule has 0 spiro atoms. The van der Waals surface area contributed by atoms with Gasteiger partial charge >= 0.3 is 6.03 Å². The van der Waals surface area contributed by atoms with E-state index in [0.29, 0.717) is 0 Å². The highest BCUT2D eigenvalue weighted by atomic mass is 16.2. The average Bonchev–Trinajstić information content (AvgIpc) is 3.18. The van der Waals surface area contributed by atoms with Gasteiger partial charge in [0.2, 0.25) is 11.9 Å². The fourth-order valence-electron chi connectivity index (χ4n) is 4.69. The van der Waals surface area contributed by atoms with Crippen LogP contribution in [0.5, 0.6) is 0 Å². The Morgan fingerprint density at radius 3 is 2.52 bits per heavy atom. The van der Waals surface area contributed by atoms with Gasteiger partial charge < -0.3 is 20.4 Å². The molecule has 0 aromatic carbocycles. The van der Waals surface area contributed by atoms with Crippen LogP contribution in [0.25, 0.3) is 0 Å². The molecule has 4 aliphatic rings. The van der Waals surface area contributed by atoms with E-state index in [-0.39, 0.29) is 17.7 Å². The molecular weight excluding hydrogens is 374 g/mol. The average molecular weight is 403 g/mol. The fraction of sp³-hybridized carbons (Fsp3) is 0.684. The zero-order valence-electron chi connectivity index (χ0n) is 17.2. The molecule has 3 N–H and O–H groups in total. The number of urea groups is 1. The van der Waals surface area contributed by atoms with Crippen LogP contribution in [-0.4, -0.2) is 88.8 Å². The molecule has 2 fully saturated rings. The number of guanidine groups is 1. The molecule has 10 nitrogen and oxygen atoms in total. The number of carbonyl (C=O) groups excluding carboxylic acids is 3. The number of likely N-dealkylation sites (N-methyl/N-ethyl adjacent to an activating group) is 1. The van der Waals surface area contributed by atoms with E-state index in [1.54, 1.807) is 7.05 Å². The first kappa shape index (κ1) is 19.7. The van der Waals surface area contributed by atoms with E-state index in [4.69, 9.17) is 10.7 Å². The maximum atomic E-state index is 12.5. The number of piperidine rings is 1. The lowest BCUT2D eigenvalue weighted by Gasteiger charge is -2.35. The highest BCUT2D eigenvalue weighted by Crippen LogP contribution is 2.36. The van der Waals surface area contributed by atoms with Crippen LogP contribution in [0.3, 0.4) is 0 Å². The molecule has 4 amide bonds. The summed E-state index contributed by atoms with van der Waals surface area (Å²) in [5.41, 5.74) is 7.49. The van der Waals surface area contributed by atoms with E-state index in [9.17, 15) is 14.4 Å². The highest BCUT2D eigenvalue weighted by molar-refractivity contribution is 6.05. The van der Waals surface area contributed by atoms with E-state index in [1.165, 1.54) is 4.90 Å². The van der Waals surface area contributed by atoms with E-state index in [0.717, 1.165) is 62.8 Å². The lowest BCUT2D eigenvalue weighted by Crippen LogP contribution is -2.63. The van der Waals surface area contributed by atoms with Crippen LogP contribution in [0.15, 0.2) is 16.4 Å². The third-order valence-electron chi connectivity index (χ3n) is 6.62. The SMILES string of the molecule is CC1=C(C)N2C(=NC3C2C(=O)NC(=O)N3C)N1CCCN1CCC(C(N)=O)CC1. The number of primary amides is 1. The second kappa shape index (κ2) is 7.33. The van der Waals surface area contributed by atoms with Crippen molar-refractivity contribution in [1.29, 1.82) is 0 Å². The number of nitrogens with one attached hydrogen (secondary N) is 1. The number of fused-ring (bicyclic) bond motifs is 3. The summed E-state index contributed by atoms with van der Waals surface area (Å²) in [4.78, 5) is 48.4. The van der Waals surface area contributed by atoms with E-state index in [2.05, 4.69) is 15.1 Å². The lowest BCUT2D eigenvalue weighted by molar-refractivity contribution is -0.126. The summed E-state index contributed by atoms with van der Waals surface area (Å²) in [6, 6.07) is -0.925. The predicted octanol–water partition coefficient (Wildman–Crippen LogP) is -0.311. The minimum absolute atomic E-state index is 0.00764. The van der Waals surface area contributed by atoms with Gasteiger partial charge in [-0.05, 0) is 52.7 Å². The van der Waals surface area contributed by atoms with Gasteiger partial charge in [0.05, 0.1) is 0 Å². The minimum Gasteiger partial charge on any atom is -0.369 e. The van der Waals surface area contributed by atoms with Crippen molar-refractivity contribution in [3.05, 3.63) is 11.4 Å². The van der Waals surface area contributed by atoms with Crippen LogP contribution < -0.4 is 11.1 Å². The van der Waals surface area contributed by atoms with Gasteiger partial charge in [0.25, 0.3) is 5.91 Å². The zero-order valence-corrected chi connectivity index (χ0v) is 17.2. The standard InChI is InChI=1S/C19H29N7O3/c1-11-12(2)26-14-16(23(3)19(29)22-17(14)28)21-18(26)25(11)8-4-7-24-9-5-13(6-10-24)15(20)27/h13-14,16H,4-10H2,1-3H3,(H2,20,27)(H,22,28,29). The number of nitrogens with two attached hydrogens (primary N) is 1. The van der Waals surface area contributed by atoms with Crippen LogP contribution in [0, 0.1) is 5.92 Å². The summed E-state index contributed by atoms with van der Waals surface area (Å²) in [5, 5.41) is 2.41. The first-order valence-corrected chi connectivity index (χ1v) is 10.2. The molecule has 29 heavy (non-hydrogen) atoms. The van der Waals surface area contributed by atoms with Gasteiger partial charge in [0, 0.05) is 30.9 Å². The number of nitrogens with zero attached hydrogens (tertiary/aromatic N) is 5. The number of carbonyl (C=O) groups is 3.